The standard InChI is InChI=1S/C14H12N8O2S2/c15-13-20-14(19-8-1-3-9(4-2-8)26(16,23)24)21-22(13)11-10-5-6-25-12(10)18-7-17-11/h1-7H,(H2,16,23,24)(H3,15,19,20,21). The second-order valence-corrected chi connectivity index (χ2v) is 7.69. The molecule has 1 aromatic carbocycles. The first-order chi connectivity index (χ1) is 12.4. The number of nitrogen functional groups attached to an aromatic ring is 1. The lowest BCUT2D eigenvalue weighted by molar-refractivity contribution is 0.598. The second kappa shape index (κ2) is 6.01. The van der Waals surface area contributed by atoms with E-state index >= 15 is 0 Å². The highest BCUT2D eigenvalue weighted by Crippen LogP contribution is 2.25. The van der Waals surface area contributed by atoms with Crippen LogP contribution >= 0.6 is 11.3 Å². The SMILES string of the molecule is Nc1nc(Nc2ccc(S(N)(=O)=O)cc2)nn1-c1ncnc2sccc12. The van der Waals surface area contributed by atoms with Crippen LogP contribution in [0.3, 0.4) is 0 Å². The number of benzene rings is 1. The average molecular weight is 388 g/mol. The third kappa shape index (κ3) is 2.96. The first-order valence-electron chi connectivity index (χ1n) is 7.23. The summed E-state index contributed by atoms with van der Waals surface area (Å²) in [5.74, 6) is 0.923. The highest BCUT2D eigenvalue weighted by atomic mass is 32.2. The average Bonchev–Trinajstić information content (AvgIpc) is 3.20. The molecular formula is C14H12N8O2S2. The smallest absolute Gasteiger partial charge is 0.248 e. The van der Waals surface area contributed by atoms with Crippen LogP contribution in [0.2, 0.25) is 0 Å². The number of thiophene rings is 1. The lowest BCUT2D eigenvalue weighted by Crippen LogP contribution is -2.11. The van der Waals surface area contributed by atoms with Crippen molar-refractivity contribution in [1.29, 1.82) is 0 Å². The summed E-state index contributed by atoms with van der Waals surface area (Å²) in [7, 11) is -3.74. The second-order valence-electron chi connectivity index (χ2n) is 5.24. The number of fused-ring (bicyclic) bond motifs is 1. The number of nitrogens with two attached hydrogens (primary N) is 2. The largest absolute Gasteiger partial charge is 0.368 e. The first-order valence-corrected chi connectivity index (χ1v) is 9.65. The Kier molecular flexibility index (Phi) is 3.79. The van der Waals surface area contributed by atoms with Crippen molar-refractivity contribution in [3.05, 3.63) is 42.0 Å². The summed E-state index contributed by atoms with van der Waals surface area (Å²) in [6.45, 7) is 0. The van der Waals surface area contributed by atoms with Crippen LogP contribution in [0.1, 0.15) is 0 Å². The summed E-state index contributed by atoms with van der Waals surface area (Å²) in [5, 5.41) is 15.1. The summed E-state index contributed by atoms with van der Waals surface area (Å²) in [6.07, 6.45) is 1.44. The van der Waals surface area contributed by atoms with Gasteiger partial charge in [-0.15, -0.1) is 16.4 Å². The maximum atomic E-state index is 11.3. The molecule has 12 heteroatoms. The molecule has 0 radical (unpaired) electrons. The zero-order valence-corrected chi connectivity index (χ0v) is 14.7. The molecule has 3 aromatic heterocycles. The van der Waals surface area contributed by atoms with Crippen molar-refractivity contribution in [1.82, 2.24) is 24.7 Å². The molecule has 0 atom stereocenters. The van der Waals surface area contributed by atoms with Crippen molar-refractivity contribution in [2.45, 2.75) is 4.90 Å². The number of hydrogen-bond donors (Lipinski definition) is 3. The van der Waals surface area contributed by atoms with E-state index in [0.29, 0.717) is 11.5 Å². The van der Waals surface area contributed by atoms with E-state index in [0.717, 1.165) is 10.2 Å². The van der Waals surface area contributed by atoms with Crippen LogP contribution in [0, 0.1) is 0 Å². The molecule has 0 saturated carbocycles. The van der Waals surface area contributed by atoms with Gasteiger partial charge in [0.15, 0.2) is 5.82 Å². The minimum absolute atomic E-state index is 0.0156. The fraction of sp³-hybridized carbons (Fsp3) is 0. The zero-order valence-electron chi connectivity index (χ0n) is 13.1. The van der Waals surface area contributed by atoms with Gasteiger partial charge >= 0.3 is 0 Å². The Morgan fingerprint density at radius 2 is 1.88 bits per heavy atom. The molecule has 0 aliphatic heterocycles. The molecule has 10 nitrogen and oxygen atoms in total. The number of primary sulfonamides is 1. The lowest BCUT2D eigenvalue weighted by Gasteiger charge is -2.03. The van der Waals surface area contributed by atoms with Crippen LogP contribution in [-0.4, -0.2) is 33.2 Å². The Balaban J connectivity index is 1.66. The fourth-order valence-electron chi connectivity index (χ4n) is 2.34. The summed E-state index contributed by atoms with van der Waals surface area (Å²) < 4.78 is 24.0. The van der Waals surface area contributed by atoms with Crippen LogP contribution in [0.5, 0.6) is 0 Å². The van der Waals surface area contributed by atoms with Gasteiger partial charge in [0.05, 0.1) is 10.3 Å². The fourth-order valence-corrected chi connectivity index (χ4v) is 3.58. The summed E-state index contributed by atoms with van der Waals surface area (Å²) >= 11 is 1.49. The van der Waals surface area contributed by atoms with Gasteiger partial charge < -0.3 is 11.1 Å². The van der Waals surface area contributed by atoms with Gasteiger partial charge in [0.2, 0.25) is 21.9 Å². The van der Waals surface area contributed by atoms with Crippen LogP contribution in [-0.2, 0) is 10.0 Å². The minimum Gasteiger partial charge on any atom is -0.368 e. The molecule has 26 heavy (non-hydrogen) atoms. The van der Waals surface area contributed by atoms with E-state index in [4.69, 9.17) is 10.9 Å². The molecule has 5 N–H and O–H groups in total. The van der Waals surface area contributed by atoms with Crippen molar-refractivity contribution in [2.24, 2.45) is 5.14 Å². The minimum atomic E-state index is -3.74. The number of anilines is 3. The molecule has 0 fully saturated rings. The molecule has 3 heterocycles. The molecule has 0 spiro atoms. The van der Waals surface area contributed by atoms with Gasteiger partial charge in [-0.05, 0) is 35.7 Å². The van der Waals surface area contributed by atoms with Crippen LogP contribution in [0.4, 0.5) is 17.6 Å². The van der Waals surface area contributed by atoms with Crippen molar-refractivity contribution < 1.29 is 8.42 Å². The van der Waals surface area contributed by atoms with Gasteiger partial charge in [-0.3, -0.25) is 0 Å². The Hall–Kier alpha value is -3.09. The normalized spacial score (nSPS) is 11.7. The van der Waals surface area contributed by atoms with Crippen LogP contribution in [0.25, 0.3) is 16.0 Å². The van der Waals surface area contributed by atoms with E-state index in [1.165, 1.54) is 34.5 Å². The van der Waals surface area contributed by atoms with Crippen molar-refractivity contribution in [3.8, 4) is 5.82 Å². The van der Waals surface area contributed by atoms with E-state index < -0.39 is 10.0 Å². The third-order valence-electron chi connectivity index (χ3n) is 3.51. The first kappa shape index (κ1) is 16.4. The number of hydrogen-bond acceptors (Lipinski definition) is 9. The van der Waals surface area contributed by atoms with Crippen molar-refractivity contribution in [2.75, 3.05) is 11.1 Å². The van der Waals surface area contributed by atoms with Crippen molar-refractivity contribution >= 4 is 49.2 Å². The monoisotopic (exact) mass is 388 g/mol. The lowest BCUT2D eigenvalue weighted by atomic mass is 10.3. The molecule has 0 bridgehead atoms. The van der Waals surface area contributed by atoms with Gasteiger partial charge in [0.1, 0.15) is 11.2 Å². The van der Waals surface area contributed by atoms with E-state index in [-0.39, 0.29) is 16.8 Å². The number of sulfonamides is 1. The van der Waals surface area contributed by atoms with E-state index in [2.05, 4.69) is 25.4 Å². The maximum Gasteiger partial charge on any atom is 0.248 e. The van der Waals surface area contributed by atoms with Gasteiger partial charge in [0, 0.05) is 5.69 Å². The van der Waals surface area contributed by atoms with Gasteiger partial charge in [-0.1, -0.05) is 0 Å². The predicted octanol–water partition coefficient (Wildman–Crippen LogP) is 1.25. The molecule has 0 aliphatic carbocycles. The quantitative estimate of drug-likeness (QED) is 0.472. The Labute approximate surface area is 151 Å². The third-order valence-corrected chi connectivity index (χ3v) is 5.26. The Morgan fingerprint density at radius 3 is 2.62 bits per heavy atom. The predicted molar refractivity (Wildman–Crippen MR) is 97.8 cm³/mol. The summed E-state index contributed by atoms with van der Waals surface area (Å²) in [5.41, 5.74) is 6.55. The van der Waals surface area contributed by atoms with Crippen LogP contribution in [0.15, 0.2) is 46.9 Å². The highest BCUT2D eigenvalue weighted by molar-refractivity contribution is 7.89. The molecule has 0 saturated heterocycles. The molecule has 0 aliphatic rings. The summed E-state index contributed by atoms with van der Waals surface area (Å²) in [6, 6.07) is 7.76. The van der Waals surface area contributed by atoms with E-state index in [1.54, 1.807) is 12.1 Å². The van der Waals surface area contributed by atoms with Gasteiger partial charge in [0.25, 0.3) is 0 Å². The van der Waals surface area contributed by atoms with Crippen molar-refractivity contribution in [3.63, 3.8) is 0 Å². The molecule has 4 aromatic rings. The number of aromatic nitrogens is 5. The van der Waals surface area contributed by atoms with Gasteiger partial charge in [-0.2, -0.15) is 9.67 Å². The molecular weight excluding hydrogens is 376 g/mol. The molecule has 0 amide bonds. The number of nitrogens with one attached hydrogen (secondary N) is 1. The Morgan fingerprint density at radius 1 is 1.12 bits per heavy atom. The number of nitrogens with zero attached hydrogens (tertiary/aromatic N) is 5. The highest BCUT2D eigenvalue weighted by Gasteiger charge is 2.14. The summed E-state index contributed by atoms with van der Waals surface area (Å²) in [4.78, 5) is 13.4. The Bertz CT molecular complexity index is 1200. The molecule has 132 valence electrons. The zero-order chi connectivity index (χ0) is 18.3. The van der Waals surface area contributed by atoms with Gasteiger partial charge in [-0.25, -0.2) is 23.5 Å². The van der Waals surface area contributed by atoms with Crippen LogP contribution < -0.4 is 16.2 Å². The maximum absolute atomic E-state index is 11.3. The van der Waals surface area contributed by atoms with E-state index in [9.17, 15) is 8.42 Å². The molecule has 4 rings (SSSR count). The topological polar surface area (TPSA) is 155 Å². The van der Waals surface area contributed by atoms with E-state index in [1.807, 2.05) is 11.4 Å². The molecule has 0 unspecified atom stereocenters. The number of rotatable bonds is 4.